The van der Waals surface area contributed by atoms with Crippen LogP contribution in [-0.4, -0.2) is 36.1 Å². The molecule has 1 spiro atoms. The highest BCUT2D eigenvalue weighted by molar-refractivity contribution is 6.37. The van der Waals surface area contributed by atoms with Crippen LogP contribution >= 0.6 is 11.6 Å². The molecule has 7 nitrogen and oxygen atoms in total. The zero-order valence-electron chi connectivity index (χ0n) is 19.4. The summed E-state index contributed by atoms with van der Waals surface area (Å²) >= 11 is 6.20. The van der Waals surface area contributed by atoms with Gasteiger partial charge in [0.25, 0.3) is 0 Å². The van der Waals surface area contributed by atoms with E-state index in [0.29, 0.717) is 10.6 Å². The van der Waals surface area contributed by atoms with Crippen LogP contribution in [0, 0.1) is 18.8 Å². The van der Waals surface area contributed by atoms with Gasteiger partial charge in [0, 0.05) is 16.1 Å². The van der Waals surface area contributed by atoms with Crippen LogP contribution in [-0.2, 0) is 14.3 Å². The number of Topliss-reactive ketones (excluding diaryl/α,β-unsaturated/α-hetero) is 2. The fraction of sp³-hybridized carbons (Fsp3) is 0.214. The average Bonchev–Trinajstić information content (AvgIpc) is 3.44. The zero-order valence-corrected chi connectivity index (χ0v) is 20.1. The molecule has 3 aromatic carbocycles. The first kappa shape index (κ1) is 22.6. The second kappa shape index (κ2) is 7.85. The van der Waals surface area contributed by atoms with Crippen molar-refractivity contribution < 1.29 is 28.7 Å². The van der Waals surface area contributed by atoms with Crippen molar-refractivity contribution in [2.75, 3.05) is 12.0 Å². The van der Waals surface area contributed by atoms with Crippen LogP contribution in [0.1, 0.15) is 37.9 Å². The summed E-state index contributed by atoms with van der Waals surface area (Å²) in [6.45, 7) is 1.89. The standard InChI is InChI=1S/C28H20ClNO6/c1-14-6-5-7-15(12-14)23-21-22(28(36-23)24(31)17-8-3-4-9-18(17)25(28)32)27(34)30(26(21)33)19-13-16(29)10-11-20(19)35-2/h3-13,21-23H,1-2H3/t21-,22+,23-/m1/s1. The quantitative estimate of drug-likeness (QED) is 0.391. The molecule has 0 radical (unpaired) electrons. The Morgan fingerprint density at radius 2 is 1.58 bits per heavy atom. The van der Waals surface area contributed by atoms with Crippen LogP contribution in [0.2, 0.25) is 5.02 Å². The van der Waals surface area contributed by atoms with Crippen molar-refractivity contribution in [1.82, 2.24) is 0 Å². The number of carbonyl (C=O) groups excluding carboxylic acids is 4. The van der Waals surface area contributed by atoms with E-state index in [1.165, 1.54) is 13.2 Å². The van der Waals surface area contributed by atoms with Crippen molar-refractivity contribution in [1.29, 1.82) is 0 Å². The third-order valence-corrected chi connectivity index (χ3v) is 7.51. The first-order valence-electron chi connectivity index (χ1n) is 11.4. The maximum absolute atomic E-state index is 14.0. The first-order chi connectivity index (χ1) is 17.3. The highest BCUT2D eigenvalue weighted by Gasteiger charge is 2.74. The first-order valence-corrected chi connectivity index (χ1v) is 11.8. The molecule has 0 aromatic heterocycles. The predicted molar refractivity (Wildman–Crippen MR) is 130 cm³/mol. The van der Waals surface area contributed by atoms with Gasteiger partial charge >= 0.3 is 0 Å². The van der Waals surface area contributed by atoms with Crippen molar-refractivity contribution in [2.45, 2.75) is 18.6 Å². The minimum Gasteiger partial charge on any atom is -0.495 e. The number of ether oxygens (including phenoxy) is 2. The number of halogens is 1. The number of rotatable bonds is 3. The summed E-state index contributed by atoms with van der Waals surface area (Å²) in [6, 6.07) is 18.3. The maximum Gasteiger partial charge on any atom is 0.241 e. The minimum atomic E-state index is -2.13. The molecule has 2 saturated heterocycles. The number of methoxy groups -OCH3 is 1. The molecule has 0 saturated carbocycles. The van der Waals surface area contributed by atoms with Gasteiger partial charge in [-0.05, 0) is 30.7 Å². The topological polar surface area (TPSA) is 90.0 Å². The van der Waals surface area contributed by atoms with Crippen LogP contribution in [0.25, 0.3) is 0 Å². The van der Waals surface area contributed by atoms with E-state index in [2.05, 4.69) is 0 Å². The van der Waals surface area contributed by atoms with E-state index in [-0.39, 0.29) is 22.6 Å². The Labute approximate surface area is 211 Å². The number of amides is 2. The third kappa shape index (κ3) is 2.84. The van der Waals surface area contributed by atoms with Gasteiger partial charge in [0.2, 0.25) is 29.0 Å². The molecule has 2 aliphatic heterocycles. The largest absolute Gasteiger partial charge is 0.495 e. The zero-order chi connectivity index (χ0) is 25.4. The van der Waals surface area contributed by atoms with Crippen LogP contribution in [0.5, 0.6) is 5.75 Å². The molecule has 8 heteroatoms. The van der Waals surface area contributed by atoms with E-state index in [4.69, 9.17) is 21.1 Å². The van der Waals surface area contributed by atoms with Crippen molar-refractivity contribution >= 4 is 40.7 Å². The molecular weight excluding hydrogens is 482 g/mol. The summed E-state index contributed by atoms with van der Waals surface area (Å²) in [5.74, 6) is -4.66. The van der Waals surface area contributed by atoms with Crippen molar-refractivity contribution in [3.8, 4) is 5.75 Å². The molecule has 1 aliphatic carbocycles. The van der Waals surface area contributed by atoms with E-state index in [1.807, 2.05) is 19.1 Å². The molecule has 0 N–H and O–H groups in total. The number of benzene rings is 3. The Balaban J connectivity index is 1.57. The molecule has 2 heterocycles. The lowest BCUT2D eigenvalue weighted by Gasteiger charge is -2.27. The van der Waals surface area contributed by atoms with Crippen molar-refractivity contribution in [3.05, 3.63) is 94.0 Å². The lowest BCUT2D eigenvalue weighted by molar-refractivity contribution is -0.127. The van der Waals surface area contributed by atoms with Gasteiger partial charge in [-0.1, -0.05) is 65.7 Å². The Kier molecular flexibility index (Phi) is 4.94. The van der Waals surface area contributed by atoms with E-state index in [0.717, 1.165) is 10.5 Å². The number of anilines is 1. The third-order valence-electron chi connectivity index (χ3n) is 7.27. The van der Waals surface area contributed by atoms with Crippen molar-refractivity contribution in [2.24, 2.45) is 11.8 Å². The van der Waals surface area contributed by atoms with Gasteiger partial charge in [-0.15, -0.1) is 0 Å². The molecule has 6 rings (SSSR count). The SMILES string of the molecule is COc1ccc(Cl)cc1N1C(=O)[C@H]2[C@@H](c3cccc(C)c3)OC3(C(=O)c4ccccc4C3=O)[C@@H]2C1=O. The van der Waals surface area contributed by atoms with Gasteiger partial charge in [-0.25, -0.2) is 4.90 Å². The van der Waals surface area contributed by atoms with Crippen molar-refractivity contribution in [3.63, 3.8) is 0 Å². The molecule has 0 unspecified atom stereocenters. The van der Waals surface area contributed by atoms with Gasteiger partial charge in [0.1, 0.15) is 5.75 Å². The second-order valence-corrected chi connectivity index (χ2v) is 9.66. The van der Waals surface area contributed by atoms with Gasteiger partial charge in [0.05, 0.1) is 30.7 Å². The Hall–Kier alpha value is -3.81. The summed E-state index contributed by atoms with van der Waals surface area (Å²) in [4.78, 5) is 56.6. The van der Waals surface area contributed by atoms with E-state index in [1.54, 1.807) is 48.5 Å². The highest BCUT2D eigenvalue weighted by atomic mass is 35.5. The number of fused-ring (bicyclic) bond motifs is 3. The highest BCUT2D eigenvalue weighted by Crippen LogP contribution is 2.58. The maximum atomic E-state index is 14.0. The van der Waals surface area contributed by atoms with Gasteiger partial charge < -0.3 is 9.47 Å². The van der Waals surface area contributed by atoms with Crippen LogP contribution in [0.15, 0.2) is 66.7 Å². The van der Waals surface area contributed by atoms with E-state index < -0.39 is 46.9 Å². The molecule has 0 bridgehead atoms. The van der Waals surface area contributed by atoms with Gasteiger partial charge in [0.15, 0.2) is 0 Å². The molecule has 180 valence electrons. The molecular formula is C28H20ClNO6. The molecule has 2 fully saturated rings. The van der Waals surface area contributed by atoms with Crippen LogP contribution < -0.4 is 9.64 Å². The summed E-state index contributed by atoms with van der Waals surface area (Å²) in [5, 5.41) is 0.296. The van der Waals surface area contributed by atoms with Crippen LogP contribution in [0.4, 0.5) is 5.69 Å². The molecule has 3 aliphatic rings. The van der Waals surface area contributed by atoms with Gasteiger partial charge in [-0.2, -0.15) is 0 Å². The van der Waals surface area contributed by atoms with Crippen LogP contribution in [0.3, 0.4) is 0 Å². The number of hydrogen-bond acceptors (Lipinski definition) is 6. The fourth-order valence-electron chi connectivity index (χ4n) is 5.74. The smallest absolute Gasteiger partial charge is 0.241 e. The number of ketones is 2. The number of nitrogens with zero attached hydrogens (tertiary/aromatic N) is 1. The summed E-state index contributed by atoms with van der Waals surface area (Å²) in [5.41, 5.74) is -0.0836. The number of aryl methyl sites for hydroxylation is 1. The fourth-order valence-corrected chi connectivity index (χ4v) is 5.91. The Morgan fingerprint density at radius 1 is 0.889 bits per heavy atom. The predicted octanol–water partition coefficient (Wildman–Crippen LogP) is 4.35. The lowest BCUT2D eigenvalue weighted by Crippen LogP contribution is -2.51. The second-order valence-electron chi connectivity index (χ2n) is 9.22. The number of hydrogen-bond donors (Lipinski definition) is 0. The Bertz CT molecular complexity index is 1460. The van der Waals surface area contributed by atoms with Gasteiger partial charge in [-0.3, -0.25) is 19.2 Å². The molecule has 3 atom stereocenters. The minimum absolute atomic E-state index is 0.156. The normalized spacial score (nSPS) is 24.0. The lowest BCUT2D eigenvalue weighted by atomic mass is 9.77. The average molecular weight is 502 g/mol. The monoisotopic (exact) mass is 501 g/mol. The molecule has 3 aromatic rings. The Morgan fingerprint density at radius 3 is 2.22 bits per heavy atom. The van der Waals surface area contributed by atoms with E-state index in [9.17, 15) is 19.2 Å². The summed E-state index contributed by atoms with van der Waals surface area (Å²) < 4.78 is 11.7. The number of imide groups is 1. The molecule has 2 amide bonds. The molecule has 36 heavy (non-hydrogen) atoms. The number of carbonyl (C=O) groups is 4. The summed E-state index contributed by atoms with van der Waals surface area (Å²) in [6.07, 6.45) is -0.983. The summed E-state index contributed by atoms with van der Waals surface area (Å²) in [7, 11) is 1.42. The van der Waals surface area contributed by atoms with E-state index >= 15 is 0 Å².